The van der Waals surface area contributed by atoms with E-state index in [0.717, 1.165) is 6.42 Å². The van der Waals surface area contributed by atoms with Gasteiger partial charge in [0.05, 0.1) is 13.2 Å². The zero-order chi connectivity index (χ0) is 11.7. The maximum Gasteiger partial charge on any atom is 0.225 e. The molecule has 0 N–H and O–H groups in total. The molecule has 0 aromatic rings. The summed E-state index contributed by atoms with van der Waals surface area (Å²) in [6.45, 7) is 6.41. The molecular formula is C11H23NO3. The van der Waals surface area contributed by atoms with Crippen molar-refractivity contribution in [3.05, 3.63) is 0 Å². The number of hydrogen-bond acceptors (Lipinski definition) is 3. The van der Waals surface area contributed by atoms with E-state index in [-0.39, 0.29) is 11.8 Å². The third-order valence-corrected chi connectivity index (χ3v) is 2.48. The molecule has 0 rings (SSSR count). The Morgan fingerprint density at radius 3 is 2.00 bits per heavy atom. The van der Waals surface area contributed by atoms with Crippen molar-refractivity contribution in [2.75, 3.05) is 40.5 Å². The summed E-state index contributed by atoms with van der Waals surface area (Å²) in [5, 5.41) is 0. The van der Waals surface area contributed by atoms with Crippen molar-refractivity contribution in [2.45, 2.75) is 20.3 Å². The monoisotopic (exact) mass is 217 g/mol. The number of methoxy groups -OCH3 is 2. The van der Waals surface area contributed by atoms with Gasteiger partial charge in [-0.05, 0) is 6.42 Å². The van der Waals surface area contributed by atoms with Gasteiger partial charge in [-0.15, -0.1) is 0 Å². The fraction of sp³-hybridized carbons (Fsp3) is 0.909. The molecule has 1 unspecified atom stereocenters. The lowest BCUT2D eigenvalue weighted by Crippen LogP contribution is -2.39. The van der Waals surface area contributed by atoms with Gasteiger partial charge in [-0.3, -0.25) is 4.79 Å². The molecule has 0 radical (unpaired) electrons. The minimum absolute atomic E-state index is 0.0821. The highest BCUT2D eigenvalue weighted by atomic mass is 16.5. The van der Waals surface area contributed by atoms with Crippen molar-refractivity contribution in [1.29, 1.82) is 0 Å². The smallest absolute Gasteiger partial charge is 0.225 e. The Kier molecular flexibility index (Phi) is 8.33. The van der Waals surface area contributed by atoms with Crippen molar-refractivity contribution in [2.24, 2.45) is 5.92 Å². The molecular weight excluding hydrogens is 194 g/mol. The summed E-state index contributed by atoms with van der Waals surface area (Å²) >= 11 is 0. The van der Waals surface area contributed by atoms with E-state index < -0.39 is 0 Å². The summed E-state index contributed by atoms with van der Waals surface area (Å²) in [5.41, 5.74) is 0. The van der Waals surface area contributed by atoms with Crippen LogP contribution in [-0.2, 0) is 14.3 Å². The van der Waals surface area contributed by atoms with Gasteiger partial charge in [0.2, 0.25) is 5.91 Å². The van der Waals surface area contributed by atoms with Gasteiger partial charge < -0.3 is 14.4 Å². The molecule has 0 heterocycles. The Morgan fingerprint density at radius 1 is 1.20 bits per heavy atom. The number of amides is 1. The van der Waals surface area contributed by atoms with Crippen LogP contribution in [0.25, 0.3) is 0 Å². The van der Waals surface area contributed by atoms with E-state index in [0.29, 0.717) is 26.3 Å². The molecule has 1 amide bonds. The zero-order valence-corrected chi connectivity index (χ0v) is 10.3. The topological polar surface area (TPSA) is 38.8 Å². The van der Waals surface area contributed by atoms with Crippen LogP contribution in [0.15, 0.2) is 0 Å². The van der Waals surface area contributed by atoms with Crippen LogP contribution in [0.3, 0.4) is 0 Å². The Balaban J connectivity index is 4.13. The Bertz CT molecular complexity index is 165. The molecule has 0 saturated carbocycles. The summed E-state index contributed by atoms with van der Waals surface area (Å²) < 4.78 is 9.96. The summed E-state index contributed by atoms with van der Waals surface area (Å²) in [7, 11) is 3.28. The van der Waals surface area contributed by atoms with Crippen molar-refractivity contribution in [3.8, 4) is 0 Å². The van der Waals surface area contributed by atoms with E-state index in [1.807, 2.05) is 13.8 Å². The fourth-order valence-electron chi connectivity index (χ4n) is 1.22. The van der Waals surface area contributed by atoms with Gasteiger partial charge in [-0.25, -0.2) is 0 Å². The number of nitrogens with zero attached hydrogens (tertiary/aromatic N) is 1. The maximum absolute atomic E-state index is 11.9. The van der Waals surface area contributed by atoms with Crippen molar-refractivity contribution >= 4 is 5.91 Å². The molecule has 1 atom stereocenters. The minimum Gasteiger partial charge on any atom is -0.383 e. The van der Waals surface area contributed by atoms with E-state index >= 15 is 0 Å². The van der Waals surface area contributed by atoms with Crippen LogP contribution in [-0.4, -0.2) is 51.3 Å². The van der Waals surface area contributed by atoms with E-state index in [4.69, 9.17) is 9.47 Å². The second-order valence-electron chi connectivity index (χ2n) is 3.62. The van der Waals surface area contributed by atoms with Gasteiger partial charge in [0, 0.05) is 33.2 Å². The number of hydrogen-bond donors (Lipinski definition) is 0. The molecule has 15 heavy (non-hydrogen) atoms. The first-order valence-electron chi connectivity index (χ1n) is 5.44. The fourth-order valence-corrected chi connectivity index (χ4v) is 1.22. The molecule has 0 fully saturated rings. The lowest BCUT2D eigenvalue weighted by Gasteiger charge is -2.24. The number of carbonyl (C=O) groups excluding carboxylic acids is 1. The van der Waals surface area contributed by atoms with Crippen LogP contribution in [0.5, 0.6) is 0 Å². The molecule has 0 bridgehead atoms. The molecule has 4 nitrogen and oxygen atoms in total. The number of carbonyl (C=O) groups is 1. The quantitative estimate of drug-likeness (QED) is 0.612. The van der Waals surface area contributed by atoms with Gasteiger partial charge in [-0.2, -0.15) is 0 Å². The summed E-state index contributed by atoms with van der Waals surface area (Å²) in [4.78, 5) is 13.7. The summed E-state index contributed by atoms with van der Waals surface area (Å²) in [6, 6.07) is 0. The highest BCUT2D eigenvalue weighted by molar-refractivity contribution is 5.78. The summed E-state index contributed by atoms with van der Waals surface area (Å²) in [5.74, 6) is 0.269. The zero-order valence-electron chi connectivity index (χ0n) is 10.3. The van der Waals surface area contributed by atoms with Gasteiger partial charge in [0.15, 0.2) is 0 Å². The Morgan fingerprint density at radius 2 is 1.67 bits per heavy atom. The van der Waals surface area contributed by atoms with Gasteiger partial charge in [-0.1, -0.05) is 13.8 Å². The lowest BCUT2D eigenvalue weighted by atomic mass is 10.1. The molecule has 0 saturated heterocycles. The van der Waals surface area contributed by atoms with Crippen LogP contribution in [0.2, 0.25) is 0 Å². The standard InChI is InChI=1S/C11H23NO3/c1-5-10(2)11(13)12(6-8-14-3)7-9-15-4/h10H,5-9H2,1-4H3. The number of ether oxygens (including phenoxy) is 2. The van der Waals surface area contributed by atoms with Gasteiger partial charge >= 0.3 is 0 Å². The summed E-state index contributed by atoms with van der Waals surface area (Å²) in [6.07, 6.45) is 0.870. The highest BCUT2D eigenvalue weighted by Crippen LogP contribution is 2.06. The second kappa shape index (κ2) is 8.68. The molecule has 0 spiro atoms. The lowest BCUT2D eigenvalue weighted by molar-refractivity contribution is -0.136. The Hall–Kier alpha value is -0.610. The van der Waals surface area contributed by atoms with E-state index in [1.165, 1.54) is 0 Å². The van der Waals surface area contributed by atoms with E-state index in [2.05, 4.69) is 0 Å². The van der Waals surface area contributed by atoms with Crippen molar-refractivity contribution < 1.29 is 14.3 Å². The average Bonchev–Trinajstić information content (AvgIpc) is 2.27. The van der Waals surface area contributed by atoms with Crippen LogP contribution < -0.4 is 0 Å². The molecule has 0 aliphatic heterocycles. The SMILES string of the molecule is CCC(C)C(=O)N(CCOC)CCOC. The maximum atomic E-state index is 11.9. The predicted octanol–water partition coefficient (Wildman–Crippen LogP) is 1.15. The van der Waals surface area contributed by atoms with Crippen LogP contribution in [0.4, 0.5) is 0 Å². The van der Waals surface area contributed by atoms with Crippen molar-refractivity contribution in [3.63, 3.8) is 0 Å². The van der Waals surface area contributed by atoms with Crippen molar-refractivity contribution in [1.82, 2.24) is 4.90 Å². The first kappa shape index (κ1) is 14.4. The normalized spacial score (nSPS) is 12.5. The third-order valence-electron chi connectivity index (χ3n) is 2.48. The van der Waals surface area contributed by atoms with Crippen LogP contribution in [0, 0.1) is 5.92 Å². The van der Waals surface area contributed by atoms with E-state index in [1.54, 1.807) is 19.1 Å². The minimum atomic E-state index is 0.0821. The Labute approximate surface area is 92.5 Å². The first-order chi connectivity index (χ1) is 7.17. The largest absolute Gasteiger partial charge is 0.383 e. The molecule has 90 valence electrons. The second-order valence-corrected chi connectivity index (χ2v) is 3.62. The average molecular weight is 217 g/mol. The molecule has 4 heteroatoms. The molecule has 0 aromatic carbocycles. The first-order valence-corrected chi connectivity index (χ1v) is 5.44. The molecule has 0 aromatic heterocycles. The third kappa shape index (κ3) is 5.74. The highest BCUT2D eigenvalue weighted by Gasteiger charge is 2.18. The van der Waals surface area contributed by atoms with Gasteiger partial charge in [0.1, 0.15) is 0 Å². The van der Waals surface area contributed by atoms with Crippen LogP contribution >= 0.6 is 0 Å². The molecule has 0 aliphatic rings. The molecule has 0 aliphatic carbocycles. The van der Waals surface area contributed by atoms with E-state index in [9.17, 15) is 4.79 Å². The number of rotatable bonds is 8. The predicted molar refractivity (Wildman–Crippen MR) is 59.8 cm³/mol. The van der Waals surface area contributed by atoms with Crippen LogP contribution in [0.1, 0.15) is 20.3 Å². The van der Waals surface area contributed by atoms with Gasteiger partial charge in [0.25, 0.3) is 0 Å².